The van der Waals surface area contributed by atoms with E-state index >= 15 is 0 Å². The normalized spacial score (nSPS) is 13.7. The molecule has 0 saturated carbocycles. The van der Waals surface area contributed by atoms with Gasteiger partial charge in [0, 0.05) is 16.1 Å². The second kappa shape index (κ2) is 5.30. The van der Waals surface area contributed by atoms with Crippen molar-refractivity contribution in [3.05, 3.63) is 51.0 Å². The molecular formula is C12H12BrNO4. The number of halogens is 1. The van der Waals surface area contributed by atoms with Gasteiger partial charge >= 0.3 is 5.97 Å². The summed E-state index contributed by atoms with van der Waals surface area (Å²) in [6.07, 6.45) is 1.32. The number of nitrogens with zero attached hydrogens (tertiary/aromatic N) is 1. The monoisotopic (exact) mass is 313 g/mol. The Morgan fingerprint density at radius 1 is 1.67 bits per heavy atom. The maximum Gasteiger partial charge on any atom is 0.313 e. The first-order valence-corrected chi connectivity index (χ1v) is 5.89. The summed E-state index contributed by atoms with van der Waals surface area (Å²) in [5.41, 5.74) is -0.954. The van der Waals surface area contributed by atoms with Crippen LogP contribution in [-0.2, 0) is 11.2 Å². The molecule has 0 fully saturated rings. The number of carbonyl (C=O) groups is 1. The molecule has 0 bridgehead atoms. The third-order valence-corrected chi connectivity index (χ3v) is 3.23. The van der Waals surface area contributed by atoms with Gasteiger partial charge in [0.2, 0.25) is 0 Å². The number of rotatable bonds is 5. The number of benzene rings is 1. The van der Waals surface area contributed by atoms with Crippen molar-refractivity contribution >= 4 is 27.6 Å². The summed E-state index contributed by atoms with van der Waals surface area (Å²) in [7, 11) is 0. The second-order valence-electron chi connectivity index (χ2n) is 4.13. The van der Waals surface area contributed by atoms with Crippen LogP contribution >= 0.6 is 15.9 Å². The number of carboxylic acids is 1. The van der Waals surface area contributed by atoms with Gasteiger partial charge in [0.1, 0.15) is 0 Å². The molecule has 0 aliphatic rings. The van der Waals surface area contributed by atoms with Crippen LogP contribution in [0.25, 0.3) is 0 Å². The molecular weight excluding hydrogens is 302 g/mol. The quantitative estimate of drug-likeness (QED) is 0.514. The molecule has 0 saturated heterocycles. The molecule has 1 N–H and O–H groups in total. The van der Waals surface area contributed by atoms with Crippen molar-refractivity contribution in [2.75, 3.05) is 0 Å². The van der Waals surface area contributed by atoms with Gasteiger partial charge in [0.15, 0.2) is 0 Å². The summed E-state index contributed by atoms with van der Waals surface area (Å²) < 4.78 is 0.577. The van der Waals surface area contributed by atoms with Crippen molar-refractivity contribution in [3.63, 3.8) is 0 Å². The maximum atomic E-state index is 11.2. The van der Waals surface area contributed by atoms with Crippen molar-refractivity contribution < 1.29 is 14.8 Å². The van der Waals surface area contributed by atoms with Crippen molar-refractivity contribution in [1.82, 2.24) is 0 Å². The van der Waals surface area contributed by atoms with Crippen LogP contribution in [0.5, 0.6) is 0 Å². The topological polar surface area (TPSA) is 80.4 Å². The van der Waals surface area contributed by atoms with Gasteiger partial charge in [0.25, 0.3) is 5.69 Å². The summed E-state index contributed by atoms with van der Waals surface area (Å²) in [5, 5.41) is 20.1. The molecule has 96 valence electrons. The number of hydrogen-bond donors (Lipinski definition) is 1. The van der Waals surface area contributed by atoms with Gasteiger partial charge in [0.05, 0.1) is 10.3 Å². The van der Waals surface area contributed by atoms with E-state index < -0.39 is 16.3 Å². The van der Waals surface area contributed by atoms with Crippen LogP contribution < -0.4 is 0 Å². The van der Waals surface area contributed by atoms with Crippen LogP contribution in [0, 0.1) is 15.5 Å². The number of nitro groups is 1. The highest BCUT2D eigenvalue weighted by molar-refractivity contribution is 9.10. The molecule has 0 spiro atoms. The van der Waals surface area contributed by atoms with Crippen molar-refractivity contribution in [2.24, 2.45) is 5.41 Å². The zero-order chi connectivity index (χ0) is 13.9. The van der Waals surface area contributed by atoms with E-state index in [-0.39, 0.29) is 12.1 Å². The number of carboxylic acid groups (broad SMARTS) is 1. The van der Waals surface area contributed by atoms with Crippen LogP contribution in [-0.4, -0.2) is 16.0 Å². The van der Waals surface area contributed by atoms with Gasteiger partial charge in [-0.3, -0.25) is 14.9 Å². The van der Waals surface area contributed by atoms with Crippen molar-refractivity contribution in [3.8, 4) is 0 Å². The minimum Gasteiger partial charge on any atom is -0.481 e. The molecule has 1 unspecified atom stereocenters. The van der Waals surface area contributed by atoms with E-state index in [1.807, 2.05) is 0 Å². The largest absolute Gasteiger partial charge is 0.481 e. The molecule has 1 atom stereocenters. The SMILES string of the molecule is C=CC(C)(Cc1ccc(Br)cc1[N+](=O)[O-])C(=O)O. The standard InChI is InChI=1S/C12H12BrNO4/c1-3-12(2,11(15)16)7-8-4-5-9(13)6-10(8)14(17)18/h3-6H,1,7H2,2H3,(H,15,16). The second-order valence-corrected chi connectivity index (χ2v) is 5.05. The molecule has 0 amide bonds. The van der Waals surface area contributed by atoms with Crippen LogP contribution in [0.4, 0.5) is 5.69 Å². The molecule has 5 nitrogen and oxygen atoms in total. The Labute approximate surface area is 112 Å². The fraction of sp³-hybridized carbons (Fsp3) is 0.250. The highest BCUT2D eigenvalue weighted by atomic mass is 79.9. The lowest BCUT2D eigenvalue weighted by molar-refractivity contribution is -0.385. The minimum atomic E-state index is -1.22. The Morgan fingerprint density at radius 2 is 2.28 bits per heavy atom. The Morgan fingerprint density at radius 3 is 2.72 bits per heavy atom. The average molecular weight is 314 g/mol. The molecule has 1 rings (SSSR count). The summed E-state index contributed by atoms with van der Waals surface area (Å²) >= 11 is 3.15. The van der Waals surface area contributed by atoms with Crippen LogP contribution in [0.1, 0.15) is 12.5 Å². The van der Waals surface area contributed by atoms with Gasteiger partial charge < -0.3 is 5.11 Å². The fourth-order valence-electron chi connectivity index (χ4n) is 1.49. The van der Waals surface area contributed by atoms with Gasteiger partial charge in [-0.2, -0.15) is 0 Å². The molecule has 1 aromatic rings. The van der Waals surface area contributed by atoms with E-state index in [0.717, 1.165) is 0 Å². The first-order valence-electron chi connectivity index (χ1n) is 5.10. The van der Waals surface area contributed by atoms with Gasteiger partial charge in [-0.25, -0.2) is 0 Å². The van der Waals surface area contributed by atoms with Gasteiger partial charge in [-0.15, -0.1) is 6.58 Å². The Bertz CT molecular complexity index is 515. The summed E-state index contributed by atoms with van der Waals surface area (Å²) in [4.78, 5) is 21.6. The van der Waals surface area contributed by atoms with E-state index in [0.29, 0.717) is 10.0 Å². The fourth-order valence-corrected chi connectivity index (χ4v) is 1.84. The van der Waals surface area contributed by atoms with E-state index in [9.17, 15) is 14.9 Å². The van der Waals surface area contributed by atoms with Gasteiger partial charge in [-0.05, 0) is 19.4 Å². The Balaban J connectivity index is 3.22. The third kappa shape index (κ3) is 2.95. The first-order chi connectivity index (χ1) is 8.30. The average Bonchev–Trinajstić information content (AvgIpc) is 2.30. The lowest BCUT2D eigenvalue weighted by atomic mass is 9.83. The molecule has 1 aromatic carbocycles. The zero-order valence-corrected chi connectivity index (χ0v) is 11.3. The first kappa shape index (κ1) is 14.4. The summed E-state index contributed by atoms with van der Waals surface area (Å²) in [6.45, 7) is 4.96. The van der Waals surface area contributed by atoms with Crippen LogP contribution in [0.15, 0.2) is 35.3 Å². The highest BCUT2D eigenvalue weighted by Gasteiger charge is 2.32. The Kier molecular flexibility index (Phi) is 4.24. The third-order valence-electron chi connectivity index (χ3n) is 2.74. The maximum absolute atomic E-state index is 11.2. The molecule has 6 heteroatoms. The number of aliphatic carboxylic acids is 1. The minimum absolute atomic E-state index is 0.0232. The zero-order valence-electron chi connectivity index (χ0n) is 9.72. The number of hydrogen-bond acceptors (Lipinski definition) is 3. The molecule has 0 radical (unpaired) electrons. The molecule has 0 heterocycles. The van der Waals surface area contributed by atoms with E-state index in [2.05, 4.69) is 22.5 Å². The van der Waals surface area contributed by atoms with Crippen molar-refractivity contribution in [2.45, 2.75) is 13.3 Å². The smallest absolute Gasteiger partial charge is 0.313 e. The lowest BCUT2D eigenvalue weighted by Crippen LogP contribution is -2.27. The van der Waals surface area contributed by atoms with Crippen LogP contribution in [0.3, 0.4) is 0 Å². The van der Waals surface area contributed by atoms with Crippen LogP contribution in [0.2, 0.25) is 0 Å². The Hall–Kier alpha value is -1.69. The lowest BCUT2D eigenvalue weighted by Gasteiger charge is -2.20. The van der Waals surface area contributed by atoms with Gasteiger partial charge in [-0.1, -0.05) is 28.1 Å². The van der Waals surface area contributed by atoms with Crippen molar-refractivity contribution in [1.29, 1.82) is 0 Å². The predicted molar refractivity (Wildman–Crippen MR) is 70.4 cm³/mol. The number of nitro benzene ring substituents is 1. The molecule has 0 aliphatic heterocycles. The van der Waals surface area contributed by atoms with E-state index in [1.165, 1.54) is 19.1 Å². The van der Waals surface area contributed by atoms with E-state index in [1.54, 1.807) is 12.1 Å². The predicted octanol–water partition coefficient (Wildman–Crippen LogP) is 3.18. The summed E-state index contributed by atoms with van der Waals surface area (Å²) in [6, 6.07) is 4.56. The van der Waals surface area contributed by atoms with E-state index in [4.69, 9.17) is 5.11 Å². The summed E-state index contributed by atoms with van der Waals surface area (Å²) in [5.74, 6) is -1.06. The molecule has 0 aromatic heterocycles. The molecule has 18 heavy (non-hydrogen) atoms. The molecule has 0 aliphatic carbocycles. The highest BCUT2D eigenvalue weighted by Crippen LogP contribution is 2.31.